The van der Waals surface area contributed by atoms with Crippen molar-refractivity contribution in [3.8, 4) is 0 Å². The SMILES string of the molecule is Cc1cccc(C2CCN(C(=O)Cn3nc(C(=O)N4CC[C@@H](O)[C@@H](F)C4)c4c3CCC4)CC2(F)F)c1C. The van der Waals surface area contributed by atoms with Crippen molar-refractivity contribution in [2.75, 3.05) is 26.2 Å². The van der Waals surface area contributed by atoms with Crippen LogP contribution in [0.4, 0.5) is 13.2 Å². The maximum atomic E-state index is 15.3. The van der Waals surface area contributed by atoms with E-state index in [2.05, 4.69) is 5.10 Å². The first-order valence-electron chi connectivity index (χ1n) is 13.0. The Bertz CT molecular complexity index is 1210. The van der Waals surface area contributed by atoms with E-state index in [0.717, 1.165) is 28.8 Å². The molecule has 5 rings (SSSR count). The number of aryl methyl sites for hydroxylation is 1. The van der Waals surface area contributed by atoms with E-state index in [4.69, 9.17) is 0 Å². The Labute approximate surface area is 214 Å². The molecule has 3 atom stereocenters. The van der Waals surface area contributed by atoms with Crippen LogP contribution in [0.5, 0.6) is 0 Å². The number of benzene rings is 1. The molecule has 200 valence electrons. The van der Waals surface area contributed by atoms with E-state index in [0.29, 0.717) is 18.4 Å². The number of fused-ring (bicyclic) bond motifs is 1. The zero-order valence-corrected chi connectivity index (χ0v) is 21.2. The summed E-state index contributed by atoms with van der Waals surface area (Å²) in [6.45, 7) is 3.13. The predicted octanol–water partition coefficient (Wildman–Crippen LogP) is 3.18. The summed E-state index contributed by atoms with van der Waals surface area (Å²) in [4.78, 5) is 28.8. The topological polar surface area (TPSA) is 78.7 Å². The van der Waals surface area contributed by atoms with Crippen LogP contribution in [-0.2, 0) is 24.2 Å². The lowest BCUT2D eigenvalue weighted by Crippen LogP contribution is -2.50. The van der Waals surface area contributed by atoms with Crippen molar-refractivity contribution in [3.05, 3.63) is 51.8 Å². The molecule has 1 aromatic carbocycles. The van der Waals surface area contributed by atoms with Crippen molar-refractivity contribution in [3.63, 3.8) is 0 Å². The standard InChI is InChI=1S/C27H33F3N4O3/c1-16-5-3-6-18(17(16)2)20-9-11-33(15-27(20,29)30)24(36)14-34-22-8-4-7-19(22)25(31-34)26(37)32-12-10-23(35)21(28)13-32/h3,5-6,20-21,23,35H,4,7-15H2,1-2H3/t20?,21-,23+/m0/s1. The normalized spacial score (nSPS) is 25.3. The molecule has 2 saturated heterocycles. The number of amides is 2. The van der Waals surface area contributed by atoms with Gasteiger partial charge in [0.25, 0.3) is 11.8 Å². The second-order valence-electron chi connectivity index (χ2n) is 10.6. The first-order valence-corrected chi connectivity index (χ1v) is 13.0. The molecule has 2 aromatic rings. The minimum Gasteiger partial charge on any atom is -0.390 e. The lowest BCUT2D eigenvalue weighted by atomic mass is 9.83. The van der Waals surface area contributed by atoms with Gasteiger partial charge in [-0.1, -0.05) is 18.2 Å². The molecule has 7 nitrogen and oxygen atoms in total. The van der Waals surface area contributed by atoms with Crippen LogP contribution >= 0.6 is 0 Å². The van der Waals surface area contributed by atoms with Gasteiger partial charge in [-0.15, -0.1) is 0 Å². The second kappa shape index (κ2) is 9.78. The molecule has 10 heteroatoms. The number of alkyl halides is 3. The van der Waals surface area contributed by atoms with Crippen LogP contribution < -0.4 is 0 Å². The molecule has 37 heavy (non-hydrogen) atoms. The molecule has 0 saturated carbocycles. The summed E-state index contributed by atoms with van der Waals surface area (Å²) in [5.74, 6) is -4.89. The Balaban J connectivity index is 1.30. The van der Waals surface area contributed by atoms with E-state index < -0.39 is 42.5 Å². The minimum absolute atomic E-state index is 0.153. The molecular weight excluding hydrogens is 485 g/mol. The van der Waals surface area contributed by atoms with Gasteiger partial charge in [0.15, 0.2) is 5.69 Å². The van der Waals surface area contributed by atoms with E-state index in [1.54, 1.807) is 12.1 Å². The van der Waals surface area contributed by atoms with Crippen LogP contribution in [0.25, 0.3) is 0 Å². The largest absolute Gasteiger partial charge is 0.390 e. The maximum absolute atomic E-state index is 15.3. The number of aliphatic hydroxyl groups excluding tert-OH is 1. The molecule has 0 spiro atoms. The number of aliphatic hydroxyl groups is 1. The lowest BCUT2D eigenvalue weighted by molar-refractivity contribution is -0.145. The Kier molecular flexibility index (Phi) is 6.81. The van der Waals surface area contributed by atoms with Gasteiger partial charge in [-0.3, -0.25) is 14.3 Å². The van der Waals surface area contributed by atoms with Crippen LogP contribution in [-0.4, -0.2) is 80.9 Å². The van der Waals surface area contributed by atoms with Crippen LogP contribution in [0, 0.1) is 13.8 Å². The highest BCUT2D eigenvalue weighted by atomic mass is 19.3. The van der Waals surface area contributed by atoms with Crippen LogP contribution in [0.3, 0.4) is 0 Å². The number of carbonyl (C=O) groups is 2. The average Bonchev–Trinajstić information content (AvgIpc) is 3.46. The quantitative estimate of drug-likeness (QED) is 0.675. The number of hydrogen-bond donors (Lipinski definition) is 1. The maximum Gasteiger partial charge on any atom is 0.274 e. The van der Waals surface area contributed by atoms with Crippen LogP contribution in [0.15, 0.2) is 18.2 Å². The van der Waals surface area contributed by atoms with E-state index in [1.807, 2.05) is 19.9 Å². The first-order chi connectivity index (χ1) is 17.6. The summed E-state index contributed by atoms with van der Waals surface area (Å²) >= 11 is 0. The number of rotatable bonds is 4. The fraction of sp³-hybridized carbons (Fsp3) is 0.593. The number of likely N-dealkylation sites (tertiary alicyclic amines) is 2. The fourth-order valence-corrected chi connectivity index (χ4v) is 5.95. The molecule has 1 N–H and O–H groups in total. The number of piperidine rings is 2. The van der Waals surface area contributed by atoms with Crippen LogP contribution in [0.2, 0.25) is 0 Å². The molecule has 0 radical (unpaired) electrons. The van der Waals surface area contributed by atoms with Crippen molar-refractivity contribution in [1.29, 1.82) is 0 Å². The monoisotopic (exact) mass is 518 g/mol. The third-order valence-electron chi connectivity index (χ3n) is 8.26. The summed E-state index contributed by atoms with van der Waals surface area (Å²) < 4.78 is 46.1. The van der Waals surface area contributed by atoms with Gasteiger partial charge >= 0.3 is 0 Å². The van der Waals surface area contributed by atoms with Gasteiger partial charge in [0, 0.05) is 24.3 Å². The van der Waals surface area contributed by atoms with Crippen molar-refractivity contribution in [2.45, 2.75) is 76.6 Å². The number of carbonyl (C=O) groups excluding carboxylic acids is 2. The van der Waals surface area contributed by atoms with Gasteiger partial charge in [-0.25, -0.2) is 13.2 Å². The van der Waals surface area contributed by atoms with Gasteiger partial charge in [0.1, 0.15) is 12.7 Å². The number of nitrogens with zero attached hydrogens (tertiary/aromatic N) is 4. The zero-order chi connectivity index (χ0) is 26.5. The van der Waals surface area contributed by atoms with Crippen molar-refractivity contribution < 1.29 is 27.9 Å². The van der Waals surface area contributed by atoms with Gasteiger partial charge in [-0.2, -0.15) is 5.10 Å². The molecule has 1 unspecified atom stereocenters. The van der Waals surface area contributed by atoms with E-state index in [9.17, 15) is 19.1 Å². The molecule has 1 aliphatic carbocycles. The summed E-state index contributed by atoms with van der Waals surface area (Å²) in [6, 6.07) is 5.45. The smallest absolute Gasteiger partial charge is 0.274 e. The Morgan fingerprint density at radius 2 is 1.89 bits per heavy atom. The number of aromatic nitrogens is 2. The van der Waals surface area contributed by atoms with E-state index in [-0.39, 0.29) is 44.7 Å². The first kappa shape index (κ1) is 25.8. The average molecular weight is 519 g/mol. The third-order valence-corrected chi connectivity index (χ3v) is 8.26. The van der Waals surface area contributed by atoms with Crippen molar-refractivity contribution in [2.24, 2.45) is 0 Å². The Morgan fingerprint density at radius 3 is 2.62 bits per heavy atom. The number of halogens is 3. The van der Waals surface area contributed by atoms with E-state index in [1.165, 1.54) is 14.5 Å². The summed E-state index contributed by atoms with van der Waals surface area (Å²) in [7, 11) is 0. The third kappa shape index (κ3) is 4.76. The molecular formula is C27H33F3N4O3. The molecule has 2 amide bonds. The second-order valence-corrected chi connectivity index (χ2v) is 10.6. The minimum atomic E-state index is -3.07. The number of hydrogen-bond acceptors (Lipinski definition) is 4. The summed E-state index contributed by atoms with van der Waals surface area (Å²) in [6.07, 6.45) is -0.219. The molecule has 0 bridgehead atoms. The van der Waals surface area contributed by atoms with Crippen molar-refractivity contribution in [1.82, 2.24) is 19.6 Å². The van der Waals surface area contributed by atoms with Gasteiger partial charge < -0.3 is 14.9 Å². The molecule has 1 aromatic heterocycles. The van der Waals surface area contributed by atoms with Crippen LogP contribution in [0.1, 0.15) is 63.6 Å². The van der Waals surface area contributed by atoms with Gasteiger partial charge in [0.2, 0.25) is 5.91 Å². The predicted molar refractivity (Wildman–Crippen MR) is 130 cm³/mol. The van der Waals surface area contributed by atoms with Crippen molar-refractivity contribution >= 4 is 11.8 Å². The highest BCUT2D eigenvalue weighted by molar-refractivity contribution is 5.94. The molecule has 3 aliphatic rings. The van der Waals surface area contributed by atoms with Gasteiger partial charge in [-0.05, 0) is 62.6 Å². The molecule has 2 fully saturated rings. The Hall–Kier alpha value is -2.88. The molecule has 2 aliphatic heterocycles. The Morgan fingerprint density at radius 1 is 1.14 bits per heavy atom. The summed E-state index contributed by atoms with van der Waals surface area (Å²) in [5.41, 5.74) is 4.17. The zero-order valence-electron chi connectivity index (χ0n) is 21.2. The van der Waals surface area contributed by atoms with Gasteiger partial charge in [0.05, 0.1) is 25.1 Å². The summed E-state index contributed by atoms with van der Waals surface area (Å²) in [5, 5.41) is 14.1. The highest BCUT2D eigenvalue weighted by Crippen LogP contribution is 2.42. The highest BCUT2D eigenvalue weighted by Gasteiger charge is 2.47. The van der Waals surface area contributed by atoms with E-state index >= 15 is 8.78 Å². The fourth-order valence-electron chi connectivity index (χ4n) is 5.95. The molecule has 3 heterocycles. The lowest BCUT2D eigenvalue weighted by Gasteiger charge is -2.39.